The van der Waals surface area contributed by atoms with Gasteiger partial charge in [0.1, 0.15) is 0 Å². The molecule has 1 aromatic carbocycles. The number of hydrogen-bond acceptors (Lipinski definition) is 1. The summed E-state index contributed by atoms with van der Waals surface area (Å²) in [4.78, 5) is 0. The first-order valence-electron chi connectivity index (χ1n) is 5.83. The lowest BCUT2D eigenvalue weighted by atomic mass is 9.94. The predicted octanol–water partition coefficient (Wildman–Crippen LogP) is 3.74. The van der Waals surface area contributed by atoms with E-state index in [2.05, 4.69) is 45.9 Å². The lowest BCUT2D eigenvalue weighted by molar-refractivity contribution is 0.506. The van der Waals surface area contributed by atoms with Gasteiger partial charge in [-0.1, -0.05) is 37.6 Å². The zero-order chi connectivity index (χ0) is 11.4. The van der Waals surface area contributed by atoms with Crippen LogP contribution >= 0.6 is 0 Å². The zero-order valence-electron chi connectivity index (χ0n) is 10.4. The fourth-order valence-electron chi connectivity index (χ4n) is 1.83. The third kappa shape index (κ3) is 3.67. The van der Waals surface area contributed by atoms with Crippen molar-refractivity contribution >= 4 is 0 Å². The molecular formula is C14H23N. The molecule has 0 fully saturated rings. The van der Waals surface area contributed by atoms with Gasteiger partial charge in [-0.05, 0) is 43.7 Å². The Balaban J connectivity index is 2.72. The van der Waals surface area contributed by atoms with E-state index in [-0.39, 0.29) is 6.04 Å². The van der Waals surface area contributed by atoms with Crippen molar-refractivity contribution in [3.63, 3.8) is 0 Å². The molecular weight excluding hydrogens is 182 g/mol. The first-order valence-corrected chi connectivity index (χ1v) is 5.83. The van der Waals surface area contributed by atoms with E-state index in [1.165, 1.54) is 23.1 Å². The summed E-state index contributed by atoms with van der Waals surface area (Å²) in [6.45, 7) is 8.76. The van der Waals surface area contributed by atoms with Crippen molar-refractivity contribution < 1.29 is 0 Å². The lowest BCUT2D eigenvalue weighted by Gasteiger charge is -2.16. The normalized spacial score (nSPS) is 13.2. The Morgan fingerprint density at radius 1 is 1.13 bits per heavy atom. The molecule has 0 aliphatic rings. The minimum Gasteiger partial charge on any atom is -0.324 e. The lowest BCUT2D eigenvalue weighted by Crippen LogP contribution is -2.12. The van der Waals surface area contributed by atoms with Crippen molar-refractivity contribution in [3.8, 4) is 0 Å². The molecule has 84 valence electrons. The third-order valence-electron chi connectivity index (χ3n) is 2.89. The van der Waals surface area contributed by atoms with Gasteiger partial charge in [-0.15, -0.1) is 0 Å². The van der Waals surface area contributed by atoms with Crippen LogP contribution in [0.4, 0.5) is 0 Å². The SMILES string of the molecule is Cc1ccc(C)c(C(N)CCC(C)C)c1. The van der Waals surface area contributed by atoms with Gasteiger partial charge < -0.3 is 5.73 Å². The Morgan fingerprint density at radius 3 is 2.40 bits per heavy atom. The minimum atomic E-state index is 0.201. The molecule has 0 amide bonds. The average Bonchev–Trinajstić information content (AvgIpc) is 2.18. The van der Waals surface area contributed by atoms with E-state index in [9.17, 15) is 0 Å². The molecule has 1 atom stereocenters. The summed E-state index contributed by atoms with van der Waals surface area (Å²) in [5.41, 5.74) is 10.1. The van der Waals surface area contributed by atoms with Gasteiger partial charge in [0, 0.05) is 6.04 Å². The summed E-state index contributed by atoms with van der Waals surface area (Å²) in [5.74, 6) is 0.737. The predicted molar refractivity (Wildman–Crippen MR) is 66.9 cm³/mol. The molecule has 0 radical (unpaired) electrons. The van der Waals surface area contributed by atoms with Gasteiger partial charge in [0.2, 0.25) is 0 Å². The Hall–Kier alpha value is -0.820. The van der Waals surface area contributed by atoms with Crippen LogP contribution in [0.3, 0.4) is 0 Å². The van der Waals surface area contributed by atoms with E-state index in [0.717, 1.165) is 12.3 Å². The molecule has 0 spiro atoms. The molecule has 0 aliphatic heterocycles. The van der Waals surface area contributed by atoms with Crippen molar-refractivity contribution in [2.75, 3.05) is 0 Å². The van der Waals surface area contributed by atoms with E-state index in [1.54, 1.807) is 0 Å². The summed E-state index contributed by atoms with van der Waals surface area (Å²) in [5, 5.41) is 0. The molecule has 0 bridgehead atoms. The van der Waals surface area contributed by atoms with Crippen molar-refractivity contribution in [1.29, 1.82) is 0 Å². The number of benzene rings is 1. The highest BCUT2D eigenvalue weighted by molar-refractivity contribution is 5.32. The van der Waals surface area contributed by atoms with Crippen LogP contribution in [0.2, 0.25) is 0 Å². The zero-order valence-corrected chi connectivity index (χ0v) is 10.4. The molecule has 2 N–H and O–H groups in total. The maximum atomic E-state index is 6.21. The standard InChI is InChI=1S/C14H23N/c1-10(2)5-8-14(15)13-9-11(3)6-7-12(13)4/h6-7,9-10,14H,5,8,15H2,1-4H3. The van der Waals surface area contributed by atoms with Gasteiger partial charge in [0.05, 0.1) is 0 Å². The summed E-state index contributed by atoms with van der Waals surface area (Å²) < 4.78 is 0. The molecule has 1 rings (SSSR count). The van der Waals surface area contributed by atoms with Crippen molar-refractivity contribution in [1.82, 2.24) is 0 Å². The highest BCUT2D eigenvalue weighted by Crippen LogP contribution is 2.22. The second kappa shape index (κ2) is 5.32. The number of nitrogens with two attached hydrogens (primary N) is 1. The quantitative estimate of drug-likeness (QED) is 0.796. The number of aryl methyl sites for hydroxylation is 2. The van der Waals surface area contributed by atoms with E-state index in [4.69, 9.17) is 5.73 Å². The van der Waals surface area contributed by atoms with Crippen LogP contribution < -0.4 is 5.73 Å². The summed E-state index contributed by atoms with van der Waals surface area (Å²) in [7, 11) is 0. The highest BCUT2D eigenvalue weighted by atomic mass is 14.6. The van der Waals surface area contributed by atoms with Gasteiger partial charge in [0.15, 0.2) is 0 Å². The van der Waals surface area contributed by atoms with Crippen molar-refractivity contribution in [3.05, 3.63) is 34.9 Å². The van der Waals surface area contributed by atoms with E-state index in [1.807, 2.05) is 0 Å². The van der Waals surface area contributed by atoms with Crippen LogP contribution in [0, 0.1) is 19.8 Å². The molecule has 1 unspecified atom stereocenters. The van der Waals surface area contributed by atoms with Crippen molar-refractivity contribution in [2.45, 2.75) is 46.6 Å². The van der Waals surface area contributed by atoms with Gasteiger partial charge in [-0.25, -0.2) is 0 Å². The summed E-state index contributed by atoms with van der Waals surface area (Å²) >= 11 is 0. The third-order valence-corrected chi connectivity index (χ3v) is 2.89. The number of hydrogen-bond donors (Lipinski definition) is 1. The van der Waals surface area contributed by atoms with Gasteiger partial charge >= 0.3 is 0 Å². The first kappa shape index (κ1) is 12.3. The maximum absolute atomic E-state index is 6.21. The molecule has 0 heterocycles. The molecule has 1 aromatic rings. The Morgan fingerprint density at radius 2 is 1.80 bits per heavy atom. The first-order chi connectivity index (χ1) is 7.00. The van der Waals surface area contributed by atoms with Gasteiger partial charge in [-0.3, -0.25) is 0 Å². The minimum absolute atomic E-state index is 0.201. The molecule has 1 heteroatoms. The van der Waals surface area contributed by atoms with E-state index in [0.29, 0.717) is 0 Å². The molecule has 0 saturated heterocycles. The van der Waals surface area contributed by atoms with Gasteiger partial charge in [0.25, 0.3) is 0 Å². The summed E-state index contributed by atoms with van der Waals surface area (Å²) in [6, 6.07) is 6.74. The van der Waals surface area contributed by atoms with Gasteiger partial charge in [-0.2, -0.15) is 0 Å². The molecule has 0 aliphatic carbocycles. The van der Waals surface area contributed by atoms with Crippen molar-refractivity contribution in [2.24, 2.45) is 11.7 Å². The topological polar surface area (TPSA) is 26.0 Å². The summed E-state index contributed by atoms with van der Waals surface area (Å²) in [6.07, 6.45) is 2.29. The second-order valence-corrected chi connectivity index (χ2v) is 4.94. The molecule has 15 heavy (non-hydrogen) atoms. The van der Waals surface area contributed by atoms with Crippen LogP contribution in [0.5, 0.6) is 0 Å². The Labute approximate surface area is 93.7 Å². The largest absolute Gasteiger partial charge is 0.324 e. The van der Waals surface area contributed by atoms with Crippen LogP contribution in [0.1, 0.15) is 49.4 Å². The monoisotopic (exact) mass is 205 g/mol. The van der Waals surface area contributed by atoms with E-state index < -0.39 is 0 Å². The van der Waals surface area contributed by atoms with Crippen LogP contribution in [-0.4, -0.2) is 0 Å². The molecule has 0 saturated carbocycles. The molecule has 1 nitrogen and oxygen atoms in total. The highest BCUT2D eigenvalue weighted by Gasteiger charge is 2.09. The fourth-order valence-corrected chi connectivity index (χ4v) is 1.83. The van der Waals surface area contributed by atoms with Crippen LogP contribution in [0.15, 0.2) is 18.2 Å². The van der Waals surface area contributed by atoms with Crippen LogP contribution in [0.25, 0.3) is 0 Å². The fraction of sp³-hybridized carbons (Fsp3) is 0.571. The average molecular weight is 205 g/mol. The Bertz CT molecular complexity index is 315. The number of rotatable bonds is 4. The second-order valence-electron chi connectivity index (χ2n) is 4.94. The smallest absolute Gasteiger partial charge is 0.0297 e. The van der Waals surface area contributed by atoms with E-state index >= 15 is 0 Å². The van der Waals surface area contributed by atoms with Crippen LogP contribution in [-0.2, 0) is 0 Å². The Kier molecular flexibility index (Phi) is 4.34. The molecule has 0 aromatic heterocycles. The maximum Gasteiger partial charge on any atom is 0.0297 e.